The monoisotopic (exact) mass is 425 g/mol. The van der Waals surface area contributed by atoms with Gasteiger partial charge in [-0.25, -0.2) is 12.7 Å². The highest BCUT2D eigenvalue weighted by atomic mass is 32.2. The summed E-state index contributed by atoms with van der Waals surface area (Å²) in [5, 5.41) is 0. The molecule has 0 saturated carbocycles. The second-order valence-corrected chi connectivity index (χ2v) is 9.28. The number of hydrogen-bond acceptors (Lipinski definition) is 6. The van der Waals surface area contributed by atoms with E-state index < -0.39 is 15.9 Å². The van der Waals surface area contributed by atoms with Crippen LogP contribution in [0, 0.1) is 5.92 Å². The van der Waals surface area contributed by atoms with E-state index in [-0.39, 0.29) is 37.1 Å². The average Bonchev–Trinajstić information content (AvgIpc) is 2.71. The van der Waals surface area contributed by atoms with E-state index >= 15 is 0 Å². The number of carbonyl (C=O) groups excluding carboxylic acids is 2. The lowest BCUT2D eigenvalue weighted by atomic mass is 9.97. The molecule has 1 aromatic rings. The van der Waals surface area contributed by atoms with Gasteiger partial charge in [-0.2, -0.15) is 0 Å². The van der Waals surface area contributed by atoms with Crippen LogP contribution in [0.1, 0.15) is 45.1 Å². The quantitative estimate of drug-likeness (QED) is 0.531. The molecule has 0 spiro atoms. The van der Waals surface area contributed by atoms with E-state index in [2.05, 4.69) is 4.98 Å². The van der Waals surface area contributed by atoms with Crippen LogP contribution in [0.4, 0.5) is 0 Å². The van der Waals surface area contributed by atoms with Crippen molar-refractivity contribution >= 4 is 21.9 Å². The lowest BCUT2D eigenvalue weighted by Crippen LogP contribution is -2.47. The molecule has 29 heavy (non-hydrogen) atoms. The van der Waals surface area contributed by atoms with Gasteiger partial charge in [0.05, 0.1) is 24.7 Å². The molecule has 1 atom stereocenters. The largest absolute Gasteiger partial charge is 0.466 e. The molecular weight excluding hydrogens is 394 g/mol. The maximum Gasteiger partial charge on any atom is 0.307 e. The number of esters is 1. The van der Waals surface area contributed by atoms with Gasteiger partial charge in [-0.3, -0.25) is 14.6 Å². The summed E-state index contributed by atoms with van der Waals surface area (Å²) < 4.78 is 31.3. The van der Waals surface area contributed by atoms with Gasteiger partial charge in [-0.05, 0) is 37.8 Å². The molecule has 1 amide bonds. The Kier molecular flexibility index (Phi) is 9.03. The van der Waals surface area contributed by atoms with Crippen LogP contribution < -0.4 is 0 Å². The molecule has 0 N–H and O–H groups in total. The van der Waals surface area contributed by atoms with E-state index in [4.69, 9.17) is 4.74 Å². The first kappa shape index (κ1) is 23.3. The van der Waals surface area contributed by atoms with Gasteiger partial charge in [-0.1, -0.05) is 13.0 Å². The van der Waals surface area contributed by atoms with E-state index in [0.29, 0.717) is 39.0 Å². The van der Waals surface area contributed by atoms with Crippen molar-refractivity contribution in [3.05, 3.63) is 30.1 Å². The normalized spacial score (nSPS) is 17.7. The number of nitrogens with zero attached hydrogens (tertiary/aromatic N) is 3. The minimum absolute atomic E-state index is 0.0934. The summed E-state index contributed by atoms with van der Waals surface area (Å²) in [5.41, 5.74) is 0.857. The Hall–Kier alpha value is -2.00. The summed E-state index contributed by atoms with van der Waals surface area (Å²) in [6, 6.07) is 3.67. The highest BCUT2D eigenvalue weighted by Crippen LogP contribution is 2.23. The molecule has 1 fully saturated rings. The molecular formula is C20H31N3O5S. The second kappa shape index (κ2) is 11.3. The van der Waals surface area contributed by atoms with Crippen LogP contribution in [0.25, 0.3) is 0 Å². The molecule has 1 aromatic heterocycles. The predicted octanol–water partition coefficient (Wildman–Crippen LogP) is 1.82. The van der Waals surface area contributed by atoms with Gasteiger partial charge in [0, 0.05) is 38.6 Å². The van der Waals surface area contributed by atoms with Crippen LogP contribution in [0.3, 0.4) is 0 Å². The topological polar surface area (TPSA) is 96.9 Å². The number of pyridine rings is 1. The Balaban J connectivity index is 2.11. The van der Waals surface area contributed by atoms with Gasteiger partial charge in [0.1, 0.15) is 0 Å². The molecule has 8 nitrogen and oxygen atoms in total. The van der Waals surface area contributed by atoms with E-state index in [0.717, 1.165) is 5.56 Å². The summed E-state index contributed by atoms with van der Waals surface area (Å²) >= 11 is 0. The fourth-order valence-corrected chi connectivity index (χ4v) is 5.07. The number of carbonyl (C=O) groups is 2. The molecule has 9 heteroatoms. The fraction of sp³-hybridized carbons (Fsp3) is 0.650. The van der Waals surface area contributed by atoms with Crippen molar-refractivity contribution in [1.82, 2.24) is 14.2 Å². The number of hydrogen-bond donors (Lipinski definition) is 0. The number of ether oxygens (including phenoxy) is 1. The molecule has 1 saturated heterocycles. The summed E-state index contributed by atoms with van der Waals surface area (Å²) in [7, 11) is -3.34. The van der Waals surface area contributed by atoms with Crippen molar-refractivity contribution < 1.29 is 22.7 Å². The summed E-state index contributed by atoms with van der Waals surface area (Å²) in [6.07, 6.45) is 5.28. The highest BCUT2D eigenvalue weighted by molar-refractivity contribution is 7.89. The van der Waals surface area contributed by atoms with Crippen LogP contribution in [0.15, 0.2) is 24.5 Å². The zero-order chi connectivity index (χ0) is 21.3. The predicted molar refractivity (Wildman–Crippen MR) is 109 cm³/mol. The minimum atomic E-state index is -3.34. The highest BCUT2D eigenvalue weighted by Gasteiger charge is 2.34. The van der Waals surface area contributed by atoms with Crippen molar-refractivity contribution in [2.75, 3.05) is 32.0 Å². The zero-order valence-electron chi connectivity index (χ0n) is 17.2. The first-order chi connectivity index (χ1) is 13.9. The Morgan fingerprint density at radius 3 is 2.79 bits per heavy atom. The van der Waals surface area contributed by atoms with Crippen molar-refractivity contribution in [2.45, 2.75) is 46.1 Å². The van der Waals surface area contributed by atoms with E-state index in [1.54, 1.807) is 30.3 Å². The molecule has 0 radical (unpaired) electrons. The molecule has 0 aromatic carbocycles. The van der Waals surface area contributed by atoms with Gasteiger partial charge in [0.2, 0.25) is 15.9 Å². The Morgan fingerprint density at radius 2 is 2.14 bits per heavy atom. The van der Waals surface area contributed by atoms with Crippen LogP contribution in [0.2, 0.25) is 0 Å². The van der Waals surface area contributed by atoms with Gasteiger partial charge in [0.15, 0.2) is 0 Å². The number of piperidine rings is 1. The standard InChI is InChI=1S/C20H31N3O5S/c1-3-13-29(26,27)23-11-6-8-18(16-23)20(25)22(12-9-19(24)28-4-2)15-17-7-5-10-21-14-17/h5,7,10,14,18H,3-4,6,8-9,11-13,15-16H2,1-2H3. The van der Waals surface area contributed by atoms with Crippen LogP contribution in [-0.4, -0.2) is 66.5 Å². The molecule has 0 aliphatic carbocycles. The lowest BCUT2D eigenvalue weighted by molar-refractivity contribution is -0.145. The zero-order valence-corrected chi connectivity index (χ0v) is 18.1. The van der Waals surface area contributed by atoms with Crippen molar-refractivity contribution in [3.63, 3.8) is 0 Å². The summed E-state index contributed by atoms with van der Waals surface area (Å²) in [5.74, 6) is -0.799. The number of sulfonamides is 1. The third-order valence-corrected chi connectivity index (χ3v) is 6.93. The molecule has 2 rings (SSSR count). The first-order valence-corrected chi connectivity index (χ1v) is 11.8. The summed E-state index contributed by atoms with van der Waals surface area (Å²) in [4.78, 5) is 30.7. The minimum Gasteiger partial charge on any atom is -0.466 e. The number of amides is 1. The van der Waals surface area contributed by atoms with E-state index in [1.807, 2.05) is 13.0 Å². The third kappa shape index (κ3) is 7.08. The van der Waals surface area contributed by atoms with E-state index in [9.17, 15) is 18.0 Å². The Labute approximate surface area is 173 Å². The smallest absolute Gasteiger partial charge is 0.307 e. The fourth-order valence-electron chi connectivity index (χ4n) is 3.48. The first-order valence-electron chi connectivity index (χ1n) is 10.2. The number of aromatic nitrogens is 1. The van der Waals surface area contributed by atoms with Crippen molar-refractivity contribution in [1.29, 1.82) is 0 Å². The maximum absolute atomic E-state index is 13.2. The third-order valence-electron chi connectivity index (χ3n) is 4.89. The maximum atomic E-state index is 13.2. The van der Waals surface area contributed by atoms with Crippen molar-refractivity contribution in [2.24, 2.45) is 5.92 Å². The average molecular weight is 426 g/mol. The van der Waals surface area contributed by atoms with Crippen molar-refractivity contribution in [3.8, 4) is 0 Å². The molecule has 1 aliphatic heterocycles. The van der Waals surface area contributed by atoms with Crippen LogP contribution in [0.5, 0.6) is 0 Å². The lowest BCUT2D eigenvalue weighted by Gasteiger charge is -2.34. The molecule has 2 heterocycles. The van der Waals surface area contributed by atoms with Gasteiger partial charge >= 0.3 is 5.97 Å². The summed E-state index contributed by atoms with van der Waals surface area (Å²) in [6.45, 7) is 5.07. The Morgan fingerprint density at radius 1 is 1.34 bits per heavy atom. The second-order valence-electron chi connectivity index (χ2n) is 7.19. The molecule has 0 bridgehead atoms. The Bertz CT molecular complexity index is 770. The SMILES string of the molecule is CCCS(=O)(=O)N1CCCC(C(=O)N(CCC(=O)OCC)Cc2cccnc2)C1. The van der Waals surface area contributed by atoms with Crippen LogP contribution in [-0.2, 0) is 30.9 Å². The molecule has 162 valence electrons. The van der Waals surface area contributed by atoms with Gasteiger partial charge in [0.25, 0.3) is 0 Å². The number of rotatable bonds is 10. The van der Waals surface area contributed by atoms with E-state index in [1.165, 1.54) is 4.31 Å². The molecule has 1 aliphatic rings. The van der Waals surface area contributed by atoms with Gasteiger partial charge < -0.3 is 9.64 Å². The van der Waals surface area contributed by atoms with Gasteiger partial charge in [-0.15, -0.1) is 0 Å². The molecule has 1 unspecified atom stereocenters. The van der Waals surface area contributed by atoms with Crippen LogP contribution >= 0.6 is 0 Å².